The molecule has 1 saturated heterocycles. The van der Waals surface area contributed by atoms with E-state index in [2.05, 4.69) is 21.2 Å². The number of hydrogen-bond donors (Lipinski definition) is 2. The monoisotopic (exact) mass is 363 g/mol. The summed E-state index contributed by atoms with van der Waals surface area (Å²) in [6.07, 6.45) is 4.19. The lowest BCUT2D eigenvalue weighted by Crippen LogP contribution is -3.11. The number of hydrogen-bond acceptors (Lipinski definition) is 2. The summed E-state index contributed by atoms with van der Waals surface area (Å²) in [4.78, 5) is 13.8. The minimum atomic E-state index is -0.0392. The fourth-order valence-corrected chi connectivity index (χ4v) is 3.28. The zero-order chi connectivity index (χ0) is 15.4. The topological polar surface area (TPSA) is 46.7 Å². The molecular weight excluding hydrogens is 344 g/mol. The van der Waals surface area contributed by atoms with Gasteiger partial charge < -0.3 is 14.6 Å². The van der Waals surface area contributed by atoms with Crippen LogP contribution in [0.2, 0.25) is 0 Å². The van der Waals surface area contributed by atoms with E-state index in [0.717, 1.165) is 23.3 Å². The van der Waals surface area contributed by atoms with Crippen LogP contribution < -0.4 is 10.2 Å². The van der Waals surface area contributed by atoms with Gasteiger partial charge in [-0.3, -0.25) is 4.79 Å². The molecule has 1 aromatic carbocycles. The van der Waals surface area contributed by atoms with Crippen LogP contribution in [0.25, 0.3) is 0 Å². The van der Waals surface area contributed by atoms with Gasteiger partial charge in [0, 0.05) is 22.9 Å². The van der Waals surface area contributed by atoms with Crippen molar-refractivity contribution >= 4 is 21.8 Å². The van der Waals surface area contributed by atoms with E-state index >= 15 is 0 Å². The number of carbonyl (C=O) groups excluding carboxylic acids is 1. The van der Waals surface area contributed by atoms with Crippen molar-refractivity contribution in [1.29, 1.82) is 0 Å². The van der Waals surface area contributed by atoms with Gasteiger partial charge in [-0.1, -0.05) is 15.9 Å². The van der Waals surface area contributed by atoms with E-state index < -0.39 is 0 Å². The van der Waals surface area contributed by atoms with Crippen LogP contribution in [0.3, 0.4) is 0 Å². The molecule has 0 aliphatic carbocycles. The average molecular weight is 364 g/mol. The number of amides is 1. The molecule has 4 nitrogen and oxygen atoms in total. The second-order valence-electron chi connectivity index (χ2n) is 5.65. The standard InChI is InChI=1S/C17H19BrN2O2/c18-14-7-5-13(6-8-14)17(21)19-12-15(16-4-3-11-22-16)20-9-1-2-10-20/h3-8,11,15H,1-2,9-10,12H2,(H,19,21)/p+1/t15-/m1/s1. The molecule has 3 rings (SSSR count). The van der Waals surface area contributed by atoms with Gasteiger partial charge in [-0.25, -0.2) is 0 Å². The zero-order valence-corrected chi connectivity index (χ0v) is 13.9. The predicted octanol–water partition coefficient (Wildman–Crippen LogP) is 2.19. The highest BCUT2D eigenvalue weighted by Crippen LogP contribution is 2.13. The zero-order valence-electron chi connectivity index (χ0n) is 12.3. The summed E-state index contributed by atoms with van der Waals surface area (Å²) in [7, 11) is 0. The Labute approximate surface area is 138 Å². The van der Waals surface area contributed by atoms with Crippen molar-refractivity contribution in [2.24, 2.45) is 0 Å². The third kappa shape index (κ3) is 3.59. The van der Waals surface area contributed by atoms with Crippen molar-refractivity contribution in [2.75, 3.05) is 19.6 Å². The smallest absolute Gasteiger partial charge is 0.251 e. The molecule has 22 heavy (non-hydrogen) atoms. The third-order valence-electron chi connectivity index (χ3n) is 4.20. The van der Waals surface area contributed by atoms with Crippen molar-refractivity contribution in [2.45, 2.75) is 18.9 Å². The molecule has 116 valence electrons. The first-order chi connectivity index (χ1) is 10.7. The second-order valence-corrected chi connectivity index (χ2v) is 6.57. The summed E-state index contributed by atoms with van der Waals surface area (Å²) in [5.74, 6) is 0.913. The summed E-state index contributed by atoms with van der Waals surface area (Å²) >= 11 is 3.38. The van der Waals surface area contributed by atoms with Crippen LogP contribution in [0.4, 0.5) is 0 Å². The highest BCUT2D eigenvalue weighted by atomic mass is 79.9. The number of halogens is 1. The molecule has 1 aliphatic rings. The van der Waals surface area contributed by atoms with Crippen LogP contribution in [0.1, 0.15) is 35.0 Å². The van der Waals surface area contributed by atoms with Crippen molar-refractivity contribution in [3.8, 4) is 0 Å². The maximum absolute atomic E-state index is 12.3. The first-order valence-electron chi connectivity index (χ1n) is 7.66. The minimum Gasteiger partial charge on any atom is -0.463 e. The Morgan fingerprint density at radius 3 is 2.59 bits per heavy atom. The van der Waals surface area contributed by atoms with Gasteiger partial charge in [0.25, 0.3) is 5.91 Å². The molecule has 1 amide bonds. The van der Waals surface area contributed by atoms with E-state index in [9.17, 15) is 4.79 Å². The number of rotatable bonds is 5. The van der Waals surface area contributed by atoms with Crippen LogP contribution in [-0.4, -0.2) is 25.5 Å². The van der Waals surface area contributed by atoms with Crippen molar-refractivity contribution in [1.82, 2.24) is 5.32 Å². The molecule has 0 radical (unpaired) electrons. The Kier molecular flexibility index (Phi) is 4.95. The summed E-state index contributed by atoms with van der Waals surface area (Å²) in [6, 6.07) is 11.5. The number of furan rings is 1. The quantitative estimate of drug-likeness (QED) is 0.855. The van der Waals surface area contributed by atoms with Crippen molar-refractivity contribution in [3.63, 3.8) is 0 Å². The van der Waals surface area contributed by atoms with E-state index in [4.69, 9.17) is 4.42 Å². The molecule has 0 bridgehead atoms. The van der Waals surface area contributed by atoms with Gasteiger partial charge in [0.15, 0.2) is 11.8 Å². The highest BCUT2D eigenvalue weighted by Gasteiger charge is 2.29. The molecule has 1 fully saturated rings. The average Bonchev–Trinajstić information content (AvgIpc) is 3.22. The summed E-state index contributed by atoms with van der Waals surface area (Å²) in [5.41, 5.74) is 0.679. The Morgan fingerprint density at radius 2 is 1.95 bits per heavy atom. The van der Waals surface area contributed by atoms with Gasteiger partial charge in [0.2, 0.25) is 0 Å². The molecule has 0 spiro atoms. The Hall–Kier alpha value is -1.59. The summed E-state index contributed by atoms with van der Waals surface area (Å²) in [6.45, 7) is 2.87. The maximum Gasteiger partial charge on any atom is 0.251 e. The van der Waals surface area contributed by atoms with E-state index in [1.165, 1.54) is 17.7 Å². The molecule has 2 aromatic rings. The van der Waals surface area contributed by atoms with Gasteiger partial charge >= 0.3 is 0 Å². The van der Waals surface area contributed by atoms with Crippen LogP contribution >= 0.6 is 15.9 Å². The van der Waals surface area contributed by atoms with E-state index in [0.29, 0.717) is 12.1 Å². The second kappa shape index (κ2) is 7.11. The van der Waals surface area contributed by atoms with E-state index in [-0.39, 0.29) is 11.9 Å². The fraction of sp³-hybridized carbons (Fsp3) is 0.353. The van der Waals surface area contributed by atoms with E-state index in [1.807, 2.05) is 36.4 Å². The SMILES string of the molecule is O=C(NC[C@H](c1ccco1)[NH+]1CCCC1)c1ccc(Br)cc1. The van der Waals surface area contributed by atoms with Crippen molar-refractivity contribution in [3.05, 3.63) is 58.5 Å². The molecule has 5 heteroatoms. The Balaban J connectivity index is 1.66. The molecule has 2 heterocycles. The number of quaternary nitrogens is 1. The van der Waals surface area contributed by atoms with Crippen LogP contribution in [0, 0.1) is 0 Å². The van der Waals surface area contributed by atoms with Crippen LogP contribution in [0.5, 0.6) is 0 Å². The minimum absolute atomic E-state index is 0.0392. The molecule has 1 aromatic heterocycles. The molecular formula is C17H20BrN2O2+. The maximum atomic E-state index is 12.3. The predicted molar refractivity (Wildman–Crippen MR) is 87.9 cm³/mol. The number of nitrogens with one attached hydrogen (secondary N) is 2. The van der Waals surface area contributed by atoms with Crippen molar-refractivity contribution < 1.29 is 14.1 Å². The number of carbonyl (C=O) groups is 1. The number of benzene rings is 1. The highest BCUT2D eigenvalue weighted by molar-refractivity contribution is 9.10. The van der Waals surface area contributed by atoms with Gasteiger partial charge in [0.05, 0.1) is 25.9 Å². The summed E-state index contributed by atoms with van der Waals surface area (Å²) in [5, 5.41) is 3.05. The largest absolute Gasteiger partial charge is 0.463 e. The van der Waals surface area contributed by atoms with Gasteiger partial charge in [0.1, 0.15) is 0 Å². The van der Waals surface area contributed by atoms with E-state index in [1.54, 1.807) is 6.26 Å². The Bertz CT molecular complexity index is 604. The fourth-order valence-electron chi connectivity index (χ4n) is 3.01. The molecule has 2 N–H and O–H groups in total. The first-order valence-corrected chi connectivity index (χ1v) is 8.45. The van der Waals surface area contributed by atoms with Crippen LogP contribution in [0.15, 0.2) is 51.6 Å². The lowest BCUT2D eigenvalue weighted by Gasteiger charge is -2.23. The van der Waals surface area contributed by atoms with Gasteiger partial charge in [-0.2, -0.15) is 0 Å². The Morgan fingerprint density at radius 1 is 1.23 bits per heavy atom. The molecule has 1 aliphatic heterocycles. The molecule has 0 unspecified atom stereocenters. The normalized spacial score (nSPS) is 16.6. The van der Waals surface area contributed by atoms with Gasteiger partial charge in [-0.15, -0.1) is 0 Å². The van der Waals surface area contributed by atoms with Crippen LogP contribution in [-0.2, 0) is 0 Å². The lowest BCUT2D eigenvalue weighted by atomic mass is 10.1. The molecule has 1 atom stereocenters. The third-order valence-corrected chi connectivity index (χ3v) is 4.73. The summed E-state index contributed by atoms with van der Waals surface area (Å²) < 4.78 is 6.55. The number of likely N-dealkylation sites (tertiary alicyclic amines) is 1. The molecule has 0 saturated carbocycles. The first kappa shape index (κ1) is 15.3. The lowest BCUT2D eigenvalue weighted by molar-refractivity contribution is -0.919. The van der Waals surface area contributed by atoms with Gasteiger partial charge in [-0.05, 0) is 36.4 Å².